The van der Waals surface area contributed by atoms with Gasteiger partial charge < -0.3 is 9.47 Å². The molecule has 0 radical (unpaired) electrons. The van der Waals surface area contributed by atoms with E-state index < -0.39 is 16.1 Å². The van der Waals surface area contributed by atoms with Gasteiger partial charge in [-0.15, -0.1) is 0 Å². The molecule has 0 saturated heterocycles. The molecule has 24 heavy (non-hydrogen) atoms. The van der Waals surface area contributed by atoms with Crippen molar-refractivity contribution < 1.29 is 22.7 Å². The number of sulfonamides is 1. The Morgan fingerprint density at radius 1 is 1.21 bits per heavy atom. The first-order chi connectivity index (χ1) is 11.2. The van der Waals surface area contributed by atoms with Gasteiger partial charge in [0.05, 0.1) is 20.3 Å². The summed E-state index contributed by atoms with van der Waals surface area (Å²) in [5.41, 5.74) is 0. The third-order valence-corrected chi connectivity index (χ3v) is 4.20. The number of nitrogens with zero attached hydrogens (tertiary/aromatic N) is 4. The topological polar surface area (TPSA) is 137 Å². The number of amides is 2. The average molecular weight is 377 g/mol. The van der Waals surface area contributed by atoms with Crippen LogP contribution in [0, 0.1) is 0 Å². The summed E-state index contributed by atoms with van der Waals surface area (Å²) in [5, 5.41) is 5.54. The summed E-state index contributed by atoms with van der Waals surface area (Å²) in [7, 11) is -0.0888. The second-order valence-corrected chi connectivity index (χ2v) is 6.28. The van der Waals surface area contributed by atoms with Gasteiger partial charge in [-0.3, -0.25) is 10.00 Å². The van der Waals surface area contributed by atoms with Gasteiger partial charge in [-0.25, -0.2) is 9.52 Å². The maximum Gasteiger partial charge on any atom is 0.335 e. The fourth-order valence-corrected chi connectivity index (χ4v) is 2.98. The van der Waals surface area contributed by atoms with E-state index in [2.05, 4.69) is 20.4 Å². The number of hydrogen-bond donors (Lipinski definition) is 2. The van der Waals surface area contributed by atoms with Crippen LogP contribution in [-0.2, 0) is 17.1 Å². The number of nitrogens with one attached hydrogen (secondary N) is 2. The Hall–Kier alpha value is -2.60. The maximum absolute atomic E-state index is 12.1. The highest BCUT2D eigenvalue weighted by atomic mass is 35.5. The van der Waals surface area contributed by atoms with Crippen molar-refractivity contribution >= 4 is 33.6 Å². The molecule has 2 rings (SSSR count). The van der Waals surface area contributed by atoms with Gasteiger partial charge >= 0.3 is 6.03 Å². The van der Waals surface area contributed by atoms with Crippen LogP contribution in [0.15, 0.2) is 17.2 Å². The molecule has 0 unspecified atom stereocenters. The molecule has 13 heteroatoms. The van der Waals surface area contributed by atoms with Crippen LogP contribution in [0.5, 0.6) is 11.8 Å². The summed E-state index contributed by atoms with van der Waals surface area (Å²) in [6.45, 7) is 0. The Morgan fingerprint density at radius 2 is 1.79 bits per heavy atom. The minimum atomic E-state index is -4.18. The van der Waals surface area contributed by atoms with Gasteiger partial charge in [-0.2, -0.15) is 23.5 Å². The summed E-state index contributed by atoms with van der Waals surface area (Å²) in [4.78, 5) is 19.6. The van der Waals surface area contributed by atoms with Crippen LogP contribution in [0.1, 0.15) is 0 Å². The van der Waals surface area contributed by atoms with Crippen molar-refractivity contribution in [3.63, 3.8) is 0 Å². The molecule has 0 bridgehead atoms. The van der Waals surface area contributed by atoms with E-state index in [1.54, 1.807) is 4.72 Å². The molecule has 2 amide bonds. The quantitative estimate of drug-likeness (QED) is 0.764. The fourth-order valence-electron chi connectivity index (χ4n) is 1.64. The van der Waals surface area contributed by atoms with Crippen molar-refractivity contribution in [3.8, 4) is 11.8 Å². The molecule has 2 heterocycles. The maximum atomic E-state index is 12.1. The first-order valence-electron chi connectivity index (χ1n) is 6.25. The van der Waals surface area contributed by atoms with E-state index in [1.165, 1.54) is 27.3 Å². The number of hydrogen-bond acceptors (Lipinski definition) is 8. The van der Waals surface area contributed by atoms with E-state index in [0.29, 0.717) is 0 Å². The lowest BCUT2D eigenvalue weighted by atomic mass is 10.6. The number of ether oxygens (including phenoxy) is 2. The van der Waals surface area contributed by atoms with Gasteiger partial charge in [0.15, 0.2) is 10.2 Å². The molecule has 0 saturated carbocycles. The summed E-state index contributed by atoms with van der Waals surface area (Å²) < 4.78 is 36.9. The van der Waals surface area contributed by atoms with Crippen LogP contribution in [0.2, 0.25) is 5.15 Å². The second kappa shape index (κ2) is 6.88. The second-order valence-electron chi connectivity index (χ2n) is 4.26. The summed E-state index contributed by atoms with van der Waals surface area (Å²) in [6.07, 6.45) is 0. The Balaban J connectivity index is 2.17. The number of urea groups is 1. The van der Waals surface area contributed by atoms with Crippen molar-refractivity contribution in [1.82, 2.24) is 24.5 Å². The number of methoxy groups -OCH3 is 2. The number of rotatable bonds is 5. The normalized spacial score (nSPS) is 11.0. The smallest absolute Gasteiger partial charge is 0.335 e. The molecule has 0 aromatic carbocycles. The zero-order chi connectivity index (χ0) is 17.9. The number of halogens is 1. The lowest BCUT2D eigenvalue weighted by Gasteiger charge is -2.09. The molecule has 2 N–H and O–H groups in total. The highest BCUT2D eigenvalue weighted by molar-refractivity contribution is 7.90. The van der Waals surface area contributed by atoms with Crippen molar-refractivity contribution in [3.05, 3.63) is 17.3 Å². The van der Waals surface area contributed by atoms with Crippen LogP contribution in [0.25, 0.3) is 0 Å². The van der Waals surface area contributed by atoms with Crippen molar-refractivity contribution in [2.24, 2.45) is 7.05 Å². The highest BCUT2D eigenvalue weighted by Gasteiger charge is 2.23. The van der Waals surface area contributed by atoms with E-state index in [1.807, 2.05) is 0 Å². The molecule has 0 fully saturated rings. The third kappa shape index (κ3) is 4.02. The van der Waals surface area contributed by atoms with Gasteiger partial charge in [-0.1, -0.05) is 11.6 Å². The van der Waals surface area contributed by atoms with Crippen LogP contribution in [-0.4, -0.2) is 48.4 Å². The standard InChI is InChI=1S/C11H13ClN6O5S/c1-18-9(4-6(12)16-18)24(20,21)17-11(19)15-10-13-7(22-2)5-8(14-10)23-3/h4-5H,1-3H3,(H2,13,14,15,17,19). The minimum absolute atomic E-state index is 0.0286. The monoisotopic (exact) mass is 376 g/mol. The predicted octanol–water partition coefficient (Wildman–Crippen LogP) is 0.391. The summed E-state index contributed by atoms with van der Waals surface area (Å²) in [5.74, 6) is 0.0405. The number of aryl methyl sites for hydroxylation is 1. The molecular formula is C11H13ClN6O5S. The number of carbonyl (C=O) groups is 1. The van der Waals surface area contributed by atoms with Crippen molar-refractivity contribution in [2.45, 2.75) is 5.03 Å². The molecule has 2 aromatic heterocycles. The van der Waals surface area contributed by atoms with Crippen LogP contribution >= 0.6 is 11.6 Å². The molecule has 0 aliphatic rings. The Morgan fingerprint density at radius 3 is 2.25 bits per heavy atom. The minimum Gasteiger partial charge on any atom is -0.481 e. The first kappa shape index (κ1) is 17.7. The van der Waals surface area contributed by atoms with E-state index in [0.717, 1.165) is 10.7 Å². The number of carbonyl (C=O) groups excluding carboxylic acids is 1. The van der Waals surface area contributed by atoms with Gasteiger partial charge in [0.2, 0.25) is 17.7 Å². The molecular weight excluding hydrogens is 364 g/mol. The molecule has 0 aliphatic heterocycles. The molecule has 11 nitrogen and oxygen atoms in total. The van der Waals surface area contributed by atoms with Crippen LogP contribution in [0.3, 0.4) is 0 Å². The lowest BCUT2D eigenvalue weighted by Crippen LogP contribution is -2.35. The fraction of sp³-hybridized carbons (Fsp3) is 0.273. The number of aromatic nitrogens is 4. The summed E-state index contributed by atoms with van der Waals surface area (Å²) >= 11 is 5.63. The average Bonchev–Trinajstić information content (AvgIpc) is 2.85. The van der Waals surface area contributed by atoms with Gasteiger partial charge in [-0.05, 0) is 0 Å². The molecule has 2 aromatic rings. The molecule has 130 valence electrons. The Bertz CT molecular complexity index is 846. The lowest BCUT2D eigenvalue weighted by molar-refractivity contribution is 0.256. The van der Waals surface area contributed by atoms with E-state index in [9.17, 15) is 13.2 Å². The third-order valence-electron chi connectivity index (χ3n) is 2.63. The van der Waals surface area contributed by atoms with Gasteiger partial charge in [0.25, 0.3) is 10.0 Å². The Labute approximate surface area is 142 Å². The number of anilines is 1. The van der Waals surface area contributed by atoms with E-state index in [-0.39, 0.29) is 27.9 Å². The zero-order valence-corrected chi connectivity index (χ0v) is 14.3. The SMILES string of the molecule is COc1cc(OC)nc(NC(=O)NS(=O)(=O)c2cc(Cl)nn2C)n1. The molecule has 0 aliphatic carbocycles. The first-order valence-corrected chi connectivity index (χ1v) is 8.11. The zero-order valence-electron chi connectivity index (χ0n) is 12.8. The molecule has 0 spiro atoms. The van der Waals surface area contributed by atoms with E-state index >= 15 is 0 Å². The van der Waals surface area contributed by atoms with Crippen LogP contribution in [0.4, 0.5) is 10.7 Å². The molecule has 0 atom stereocenters. The largest absolute Gasteiger partial charge is 0.481 e. The Kier molecular flexibility index (Phi) is 5.09. The van der Waals surface area contributed by atoms with Crippen molar-refractivity contribution in [2.75, 3.05) is 19.5 Å². The van der Waals surface area contributed by atoms with Gasteiger partial charge in [0, 0.05) is 13.1 Å². The highest BCUT2D eigenvalue weighted by Crippen LogP contribution is 2.17. The van der Waals surface area contributed by atoms with Gasteiger partial charge in [0.1, 0.15) is 0 Å². The van der Waals surface area contributed by atoms with Crippen molar-refractivity contribution in [1.29, 1.82) is 0 Å². The summed E-state index contributed by atoms with van der Waals surface area (Å²) in [6, 6.07) is 1.40. The predicted molar refractivity (Wildman–Crippen MR) is 82.7 cm³/mol. The van der Waals surface area contributed by atoms with E-state index in [4.69, 9.17) is 21.1 Å². The van der Waals surface area contributed by atoms with Crippen LogP contribution < -0.4 is 19.5 Å².